The van der Waals surface area contributed by atoms with Crippen LogP contribution < -0.4 is 0 Å². The molecule has 1 nitrogen and oxygen atoms in total. The topological polar surface area (TPSA) is 14.1 Å². The molecule has 4 heavy (non-hydrogen) atoms. The molecule has 0 N–H and O–H groups in total. The van der Waals surface area contributed by atoms with Crippen molar-refractivity contribution >= 4 is 0 Å². The van der Waals surface area contributed by atoms with Gasteiger partial charge in [0.05, 0.1) is 0 Å². The Labute approximate surface area is 39.5 Å². The molecule has 0 fully saturated rings. The van der Waals surface area contributed by atoms with Crippen LogP contribution in [0, 0.1) is 0 Å². The van der Waals surface area contributed by atoms with Crippen molar-refractivity contribution in [3.8, 4) is 0 Å². The van der Waals surface area contributed by atoms with E-state index in [1.807, 2.05) is 0 Å². The fraction of sp³-hybridized carbons (Fsp3) is 1.00. The van der Waals surface area contributed by atoms with Crippen molar-refractivity contribution in [2.45, 2.75) is 0 Å². The smallest absolute Gasteiger partial charge is 0 e. The predicted octanol–water partition coefficient (Wildman–Crippen LogP) is 0.617. The summed E-state index contributed by atoms with van der Waals surface area (Å²) in [5.74, 6) is 0. The molecule has 22 valence electrons. The molecule has 0 aromatic carbocycles. The van der Waals surface area contributed by atoms with E-state index in [9.17, 15) is 0 Å². The van der Waals surface area contributed by atoms with E-state index in [1.54, 1.807) is 14.1 Å². The zero-order valence-corrected chi connectivity index (χ0v) is 6.12. The standard InChI is InChI=1S/C2H6N.Zn/c1-3-2;/h1-2H3;/q-1;. The van der Waals surface area contributed by atoms with Crippen molar-refractivity contribution in [1.29, 1.82) is 0 Å². The van der Waals surface area contributed by atoms with Gasteiger partial charge in [-0.1, -0.05) is 0 Å². The van der Waals surface area contributed by atoms with Gasteiger partial charge in [0.2, 0.25) is 0 Å². The van der Waals surface area contributed by atoms with Gasteiger partial charge in [-0.2, -0.15) is 14.1 Å². The van der Waals surface area contributed by atoms with E-state index in [0.29, 0.717) is 0 Å². The first-order valence-electron chi connectivity index (χ1n) is 0.894. The summed E-state index contributed by atoms with van der Waals surface area (Å²) in [6.45, 7) is 0. The van der Waals surface area contributed by atoms with Gasteiger partial charge in [-0.25, -0.2) is 0 Å². The SMILES string of the molecule is C[N-]C.[Zn]. The van der Waals surface area contributed by atoms with Gasteiger partial charge < -0.3 is 5.32 Å². The molecule has 0 rings (SSSR count). The van der Waals surface area contributed by atoms with Crippen LogP contribution >= 0.6 is 0 Å². The normalized spacial score (nSPS) is 4.50. The van der Waals surface area contributed by atoms with Gasteiger partial charge in [0.1, 0.15) is 0 Å². The minimum absolute atomic E-state index is 0. The van der Waals surface area contributed by atoms with Crippen LogP contribution in [0.25, 0.3) is 5.32 Å². The molecule has 0 spiro atoms. The molecule has 0 aliphatic carbocycles. The molecule has 0 aliphatic rings. The first kappa shape index (κ1) is 8.82. The molecule has 0 aliphatic heterocycles. The largest absolute Gasteiger partial charge is 0.668 e. The average molecular weight is 109 g/mol. The number of nitrogens with zero attached hydrogens (tertiary/aromatic N) is 1. The number of hydrogen-bond acceptors (Lipinski definition) is 0. The minimum atomic E-state index is 0. The van der Waals surface area contributed by atoms with Crippen LogP contribution in [0.3, 0.4) is 0 Å². The molecule has 0 saturated carbocycles. The van der Waals surface area contributed by atoms with Crippen LogP contribution in [0.1, 0.15) is 0 Å². The monoisotopic (exact) mass is 108 g/mol. The van der Waals surface area contributed by atoms with E-state index in [2.05, 4.69) is 5.32 Å². The molecule has 0 bridgehead atoms. The van der Waals surface area contributed by atoms with E-state index in [4.69, 9.17) is 0 Å². The molecule has 0 saturated heterocycles. The van der Waals surface area contributed by atoms with Gasteiger partial charge in [0.15, 0.2) is 0 Å². The first-order chi connectivity index (χ1) is 1.41. The van der Waals surface area contributed by atoms with Crippen molar-refractivity contribution in [2.75, 3.05) is 14.1 Å². The van der Waals surface area contributed by atoms with E-state index >= 15 is 0 Å². The summed E-state index contributed by atoms with van der Waals surface area (Å²) in [6, 6.07) is 0. The third-order valence-electron chi connectivity index (χ3n) is 0. The Bertz CT molecular complexity index is 6.00. The summed E-state index contributed by atoms with van der Waals surface area (Å²) >= 11 is 0. The molecule has 0 amide bonds. The van der Waals surface area contributed by atoms with Crippen molar-refractivity contribution in [2.24, 2.45) is 0 Å². The summed E-state index contributed by atoms with van der Waals surface area (Å²) in [5, 5.41) is 3.50. The molecule has 2 heteroatoms. The van der Waals surface area contributed by atoms with Crippen molar-refractivity contribution in [3.63, 3.8) is 0 Å². The summed E-state index contributed by atoms with van der Waals surface area (Å²) in [7, 11) is 3.50. The summed E-state index contributed by atoms with van der Waals surface area (Å²) < 4.78 is 0. The number of rotatable bonds is 0. The Morgan fingerprint density at radius 1 is 1.25 bits per heavy atom. The van der Waals surface area contributed by atoms with Crippen LogP contribution in [0.15, 0.2) is 0 Å². The van der Waals surface area contributed by atoms with Gasteiger partial charge >= 0.3 is 0 Å². The molecule has 0 aromatic heterocycles. The van der Waals surface area contributed by atoms with E-state index in [0.717, 1.165) is 0 Å². The van der Waals surface area contributed by atoms with Crippen LogP contribution in [-0.4, -0.2) is 14.1 Å². The molecule has 0 aromatic rings. The quantitative estimate of drug-likeness (QED) is 0.405. The van der Waals surface area contributed by atoms with Gasteiger partial charge in [0.25, 0.3) is 0 Å². The first-order valence-corrected chi connectivity index (χ1v) is 0.894. The van der Waals surface area contributed by atoms with E-state index in [1.165, 1.54) is 0 Å². The third kappa shape index (κ3) is 19.0. The Morgan fingerprint density at radius 3 is 1.25 bits per heavy atom. The maximum absolute atomic E-state index is 3.50. The molecule has 0 heterocycles. The zero-order chi connectivity index (χ0) is 2.71. The maximum Gasteiger partial charge on any atom is 0 e. The van der Waals surface area contributed by atoms with Gasteiger partial charge in [-0.05, 0) is 0 Å². The van der Waals surface area contributed by atoms with Crippen molar-refractivity contribution in [3.05, 3.63) is 5.32 Å². The molecular weight excluding hydrogens is 103 g/mol. The fourth-order valence-electron chi connectivity index (χ4n) is 0. The van der Waals surface area contributed by atoms with Gasteiger partial charge in [-0.3, -0.25) is 0 Å². The Kier molecular flexibility index (Phi) is 21.0. The van der Waals surface area contributed by atoms with Crippen molar-refractivity contribution < 1.29 is 19.5 Å². The van der Waals surface area contributed by atoms with E-state index in [-0.39, 0.29) is 19.5 Å². The molecule has 0 radical (unpaired) electrons. The Morgan fingerprint density at radius 2 is 1.25 bits per heavy atom. The molecule has 0 unspecified atom stereocenters. The van der Waals surface area contributed by atoms with Crippen molar-refractivity contribution in [1.82, 2.24) is 0 Å². The summed E-state index contributed by atoms with van der Waals surface area (Å²) in [5.41, 5.74) is 0. The average Bonchev–Trinajstić information content (AvgIpc) is 0.918. The summed E-state index contributed by atoms with van der Waals surface area (Å²) in [6.07, 6.45) is 0. The second kappa shape index (κ2) is 9.54. The number of hydrogen-bond donors (Lipinski definition) is 0. The van der Waals surface area contributed by atoms with Crippen LogP contribution in [0.4, 0.5) is 0 Å². The molecular formula is C2H6NZn-. The Balaban J connectivity index is 0. The van der Waals surface area contributed by atoms with Gasteiger partial charge in [-0.15, -0.1) is 0 Å². The fourth-order valence-corrected chi connectivity index (χ4v) is 0. The molecule has 0 atom stereocenters. The summed E-state index contributed by atoms with van der Waals surface area (Å²) in [4.78, 5) is 0. The predicted molar refractivity (Wildman–Crippen MR) is 15.2 cm³/mol. The second-order valence-corrected chi connectivity index (χ2v) is 0.447. The Hall–Kier alpha value is 0.583. The maximum atomic E-state index is 3.50. The minimum Gasteiger partial charge on any atom is -0.668 e. The second-order valence-electron chi connectivity index (χ2n) is 0.447. The third-order valence-corrected chi connectivity index (χ3v) is 0. The van der Waals surface area contributed by atoms with Gasteiger partial charge in [0, 0.05) is 19.5 Å². The van der Waals surface area contributed by atoms with Crippen LogP contribution in [-0.2, 0) is 19.5 Å². The van der Waals surface area contributed by atoms with Crippen LogP contribution in [0.5, 0.6) is 0 Å². The zero-order valence-electron chi connectivity index (χ0n) is 3.15. The van der Waals surface area contributed by atoms with Crippen LogP contribution in [0.2, 0.25) is 0 Å². The van der Waals surface area contributed by atoms with E-state index < -0.39 is 0 Å².